The van der Waals surface area contributed by atoms with Gasteiger partial charge in [-0.15, -0.1) is 0 Å². The molecule has 0 saturated carbocycles. The standard InChI is InChI=1S/C35H45N7O3/c1-25-8-4-9-26-10-5-12-31(33(25)26)40-18-15-29-30(23-40)37-35(45-24-28-11-6-17-39(28)2)38-34(29)41-19-20-42(27(22-41)14-16-36)32(43)13-7-21-44-3/h4-5,7-10,12-13,27-28,32,43H,6,11,14-15,17-24H2,1-3H3/b13-7+/t27-,28+,32?/m0/s1. The third kappa shape index (κ3) is 6.77. The number of nitrogens with zero attached hydrogens (tertiary/aromatic N) is 7. The third-order valence-electron chi connectivity index (χ3n) is 9.60. The van der Waals surface area contributed by atoms with Crippen LogP contribution in [0.25, 0.3) is 10.8 Å². The van der Waals surface area contributed by atoms with Crippen molar-refractivity contribution >= 4 is 22.3 Å². The minimum absolute atomic E-state index is 0.146. The van der Waals surface area contributed by atoms with E-state index >= 15 is 0 Å². The average molecular weight is 612 g/mol. The number of fused-ring (bicyclic) bond motifs is 2. The predicted molar refractivity (Wildman–Crippen MR) is 177 cm³/mol. The van der Waals surface area contributed by atoms with Crippen LogP contribution in [0.3, 0.4) is 0 Å². The maximum Gasteiger partial charge on any atom is 0.318 e. The SMILES string of the molecule is COC/C=C/C(O)N1CCN(c2nc(OC[C@H]3CCCN3C)nc3c2CCN(c2cccc4cccc(C)c24)C3)C[C@@H]1CC#N. The molecule has 2 saturated heterocycles. The number of hydrogen-bond donors (Lipinski definition) is 1. The lowest BCUT2D eigenvalue weighted by atomic mass is 9.99. The van der Waals surface area contributed by atoms with Gasteiger partial charge >= 0.3 is 6.01 Å². The predicted octanol–water partition coefficient (Wildman–Crippen LogP) is 3.90. The van der Waals surface area contributed by atoms with Crippen molar-refractivity contribution in [1.82, 2.24) is 19.8 Å². The normalized spacial score (nSPS) is 21.8. The van der Waals surface area contributed by atoms with E-state index in [1.807, 2.05) is 11.0 Å². The number of aliphatic hydroxyl groups excluding tert-OH is 1. The lowest BCUT2D eigenvalue weighted by Gasteiger charge is -2.43. The lowest BCUT2D eigenvalue weighted by molar-refractivity contribution is 0.00365. The van der Waals surface area contributed by atoms with Gasteiger partial charge in [-0.25, -0.2) is 0 Å². The Hall–Kier alpha value is -3.75. The highest BCUT2D eigenvalue weighted by atomic mass is 16.5. The average Bonchev–Trinajstić information content (AvgIpc) is 3.47. The quantitative estimate of drug-likeness (QED) is 0.340. The van der Waals surface area contributed by atoms with Gasteiger partial charge in [0.05, 0.1) is 31.3 Å². The Morgan fingerprint density at radius 2 is 1.93 bits per heavy atom. The molecule has 0 radical (unpaired) electrons. The molecule has 6 rings (SSSR count). The number of hydrogen-bond acceptors (Lipinski definition) is 10. The molecule has 0 amide bonds. The highest BCUT2D eigenvalue weighted by molar-refractivity contribution is 5.97. The summed E-state index contributed by atoms with van der Waals surface area (Å²) in [5.74, 6) is 0.899. The molecule has 238 valence electrons. The number of likely N-dealkylation sites (N-methyl/N-ethyl adjacent to an activating group) is 1. The number of rotatable bonds is 10. The van der Waals surface area contributed by atoms with Crippen molar-refractivity contribution in [2.45, 2.75) is 57.5 Å². The first-order chi connectivity index (χ1) is 22.0. The van der Waals surface area contributed by atoms with Crippen LogP contribution in [0.2, 0.25) is 0 Å². The zero-order valence-corrected chi connectivity index (χ0v) is 26.7. The fraction of sp³-hybridized carbons (Fsp3) is 0.514. The first-order valence-electron chi connectivity index (χ1n) is 16.1. The number of likely N-dealkylation sites (tertiary alicyclic amines) is 1. The molecule has 45 heavy (non-hydrogen) atoms. The summed E-state index contributed by atoms with van der Waals surface area (Å²) in [7, 11) is 3.78. The van der Waals surface area contributed by atoms with Crippen molar-refractivity contribution in [2.24, 2.45) is 0 Å². The molecular formula is C35H45N7O3. The van der Waals surface area contributed by atoms with Gasteiger partial charge in [-0.1, -0.05) is 36.4 Å². The molecule has 10 nitrogen and oxygen atoms in total. The topological polar surface area (TPSA) is 101 Å². The van der Waals surface area contributed by atoms with Crippen molar-refractivity contribution in [3.63, 3.8) is 0 Å². The summed E-state index contributed by atoms with van der Waals surface area (Å²) in [5, 5.41) is 23.1. The molecule has 3 aliphatic heterocycles. The van der Waals surface area contributed by atoms with Crippen LogP contribution < -0.4 is 14.5 Å². The Balaban J connectivity index is 1.31. The summed E-state index contributed by atoms with van der Waals surface area (Å²) >= 11 is 0. The van der Waals surface area contributed by atoms with Gasteiger partial charge in [0.2, 0.25) is 0 Å². The zero-order chi connectivity index (χ0) is 31.3. The Bertz CT molecular complexity index is 1550. The highest BCUT2D eigenvalue weighted by Crippen LogP contribution is 2.36. The van der Waals surface area contributed by atoms with Crippen molar-refractivity contribution in [3.05, 3.63) is 65.4 Å². The molecule has 1 N–H and O–H groups in total. The van der Waals surface area contributed by atoms with Crippen LogP contribution in [0, 0.1) is 18.3 Å². The van der Waals surface area contributed by atoms with Crippen molar-refractivity contribution in [3.8, 4) is 12.1 Å². The van der Waals surface area contributed by atoms with Gasteiger partial charge in [0.25, 0.3) is 0 Å². The second-order valence-corrected chi connectivity index (χ2v) is 12.5. The van der Waals surface area contributed by atoms with Gasteiger partial charge in [0, 0.05) is 62.0 Å². The van der Waals surface area contributed by atoms with E-state index in [2.05, 4.69) is 71.1 Å². The number of anilines is 2. The van der Waals surface area contributed by atoms with E-state index in [1.54, 1.807) is 13.2 Å². The van der Waals surface area contributed by atoms with E-state index in [4.69, 9.17) is 19.4 Å². The summed E-state index contributed by atoms with van der Waals surface area (Å²) in [5.41, 5.74) is 4.64. The molecule has 3 aromatic rings. The van der Waals surface area contributed by atoms with E-state index in [1.165, 1.54) is 28.4 Å². The number of aliphatic hydroxyl groups is 1. The van der Waals surface area contributed by atoms with Gasteiger partial charge in [-0.2, -0.15) is 15.2 Å². The van der Waals surface area contributed by atoms with Gasteiger partial charge in [-0.05, 0) is 62.9 Å². The maximum atomic E-state index is 10.9. The fourth-order valence-corrected chi connectivity index (χ4v) is 7.13. The van der Waals surface area contributed by atoms with Gasteiger partial charge in [0.15, 0.2) is 0 Å². The third-order valence-corrected chi connectivity index (χ3v) is 9.60. The van der Waals surface area contributed by atoms with Crippen LogP contribution in [0.4, 0.5) is 11.5 Å². The molecule has 10 heteroatoms. The molecule has 3 atom stereocenters. The summed E-state index contributed by atoms with van der Waals surface area (Å²) in [6.45, 7) is 7.65. The van der Waals surface area contributed by atoms with Gasteiger partial charge in [-0.3, -0.25) is 4.90 Å². The number of methoxy groups -OCH3 is 1. The number of piperazine rings is 1. The smallest absolute Gasteiger partial charge is 0.318 e. The summed E-state index contributed by atoms with van der Waals surface area (Å²) < 4.78 is 11.4. The van der Waals surface area contributed by atoms with E-state index in [0.717, 1.165) is 43.0 Å². The number of ether oxygens (including phenoxy) is 2. The Labute approximate surface area is 266 Å². The van der Waals surface area contributed by atoms with Gasteiger partial charge < -0.3 is 29.3 Å². The molecule has 4 heterocycles. The number of aromatic nitrogens is 2. The van der Waals surface area contributed by atoms with Gasteiger partial charge in [0.1, 0.15) is 18.7 Å². The van der Waals surface area contributed by atoms with Crippen LogP contribution in [0.15, 0.2) is 48.6 Å². The largest absolute Gasteiger partial charge is 0.462 e. The molecule has 0 bridgehead atoms. The summed E-state index contributed by atoms with van der Waals surface area (Å²) in [4.78, 5) is 19.1. The number of nitriles is 1. The molecule has 0 aliphatic carbocycles. The molecule has 1 aromatic heterocycles. The van der Waals surface area contributed by atoms with E-state index < -0.39 is 6.23 Å². The number of aryl methyl sites for hydroxylation is 1. The van der Waals surface area contributed by atoms with Crippen LogP contribution in [-0.2, 0) is 17.7 Å². The number of benzene rings is 2. The fourth-order valence-electron chi connectivity index (χ4n) is 7.13. The molecule has 1 unspecified atom stereocenters. The van der Waals surface area contributed by atoms with E-state index in [9.17, 15) is 10.4 Å². The highest BCUT2D eigenvalue weighted by Gasteiger charge is 2.34. The van der Waals surface area contributed by atoms with Crippen LogP contribution in [-0.4, -0.2) is 103 Å². The second kappa shape index (κ2) is 14.1. The second-order valence-electron chi connectivity index (χ2n) is 12.5. The zero-order valence-electron chi connectivity index (χ0n) is 26.7. The summed E-state index contributed by atoms with van der Waals surface area (Å²) in [6, 6.07) is 16.0. The van der Waals surface area contributed by atoms with Crippen LogP contribution in [0.1, 0.15) is 36.1 Å². The van der Waals surface area contributed by atoms with Crippen molar-refractivity contribution in [1.29, 1.82) is 5.26 Å². The monoisotopic (exact) mass is 611 g/mol. The minimum atomic E-state index is -0.778. The molecule has 2 fully saturated rings. The Morgan fingerprint density at radius 3 is 2.71 bits per heavy atom. The van der Waals surface area contributed by atoms with E-state index in [-0.39, 0.29) is 6.04 Å². The Morgan fingerprint density at radius 1 is 1.09 bits per heavy atom. The molecule has 2 aromatic carbocycles. The van der Waals surface area contributed by atoms with Crippen LogP contribution in [0.5, 0.6) is 6.01 Å². The Kier molecular flexibility index (Phi) is 9.81. The summed E-state index contributed by atoms with van der Waals surface area (Å²) in [6.07, 6.45) is 6.19. The van der Waals surface area contributed by atoms with E-state index in [0.29, 0.717) is 57.9 Å². The molecule has 3 aliphatic rings. The van der Waals surface area contributed by atoms with Crippen molar-refractivity contribution in [2.75, 3.05) is 69.9 Å². The molecular weight excluding hydrogens is 566 g/mol. The van der Waals surface area contributed by atoms with Crippen LogP contribution >= 0.6 is 0 Å². The lowest BCUT2D eigenvalue weighted by Crippen LogP contribution is -2.56. The molecule has 0 spiro atoms. The first kappa shape index (κ1) is 31.2. The van der Waals surface area contributed by atoms with Crippen molar-refractivity contribution < 1.29 is 14.6 Å². The first-order valence-corrected chi connectivity index (χ1v) is 16.1. The maximum absolute atomic E-state index is 10.9. The minimum Gasteiger partial charge on any atom is -0.462 e.